The van der Waals surface area contributed by atoms with Gasteiger partial charge in [-0.2, -0.15) is 0 Å². The Balaban J connectivity index is 3.04. The molecule has 0 bridgehead atoms. The van der Waals surface area contributed by atoms with E-state index in [1.54, 1.807) is 0 Å². The number of carboxylic acids is 1. The fourth-order valence-electron chi connectivity index (χ4n) is 0.918. The minimum absolute atomic E-state index is 0.0774. The molecular formula is C7H7Cl2NO2. The van der Waals surface area contributed by atoms with E-state index in [2.05, 4.69) is 5.32 Å². The van der Waals surface area contributed by atoms with Crippen LogP contribution < -0.4 is 5.32 Å². The van der Waals surface area contributed by atoms with Gasteiger partial charge in [0.25, 0.3) is 0 Å². The molecule has 5 heteroatoms. The molecular weight excluding hydrogens is 201 g/mol. The smallest absolute Gasteiger partial charge is 0.335 e. The van der Waals surface area contributed by atoms with Gasteiger partial charge in [-0.1, -0.05) is 23.2 Å². The molecule has 1 aliphatic rings. The maximum Gasteiger partial charge on any atom is 0.335 e. The van der Waals surface area contributed by atoms with E-state index in [1.807, 2.05) is 0 Å². The Bertz CT molecular complexity index is 281. The third-order valence-electron chi connectivity index (χ3n) is 1.49. The summed E-state index contributed by atoms with van der Waals surface area (Å²) in [5.74, 6) is -1.06. The van der Waals surface area contributed by atoms with Gasteiger partial charge >= 0.3 is 5.97 Å². The Morgan fingerprint density at radius 3 is 2.67 bits per heavy atom. The van der Waals surface area contributed by atoms with E-state index < -0.39 is 11.0 Å². The van der Waals surface area contributed by atoms with Gasteiger partial charge in [-0.05, 0) is 19.1 Å². The minimum atomic E-state index is -1.13. The molecule has 0 fully saturated rings. The maximum atomic E-state index is 10.6. The van der Waals surface area contributed by atoms with Crippen LogP contribution in [-0.4, -0.2) is 16.1 Å². The third-order valence-corrected chi connectivity index (χ3v) is 2.01. The first-order valence-electron chi connectivity index (χ1n) is 3.22. The van der Waals surface area contributed by atoms with E-state index in [0.29, 0.717) is 5.16 Å². The van der Waals surface area contributed by atoms with Crippen LogP contribution in [0.2, 0.25) is 0 Å². The second kappa shape index (κ2) is 2.99. The predicted octanol–water partition coefficient (Wildman–Crippen LogP) is 1.64. The molecule has 0 saturated heterocycles. The number of hydrogen-bond acceptors (Lipinski definition) is 2. The molecule has 0 amide bonds. The average Bonchev–Trinajstić information content (AvgIpc) is 1.82. The zero-order valence-electron chi connectivity index (χ0n) is 6.27. The molecule has 12 heavy (non-hydrogen) atoms. The van der Waals surface area contributed by atoms with E-state index in [4.69, 9.17) is 28.3 Å². The first-order valence-corrected chi connectivity index (χ1v) is 3.97. The van der Waals surface area contributed by atoms with E-state index in [-0.39, 0.29) is 5.57 Å². The van der Waals surface area contributed by atoms with Crippen LogP contribution in [0.1, 0.15) is 6.92 Å². The number of dihydropyridines is 1. The Hall–Kier alpha value is -0.670. The lowest BCUT2D eigenvalue weighted by atomic mass is 10.1. The van der Waals surface area contributed by atoms with Crippen molar-refractivity contribution in [3.63, 3.8) is 0 Å². The molecule has 1 aliphatic heterocycles. The number of carboxylic acid groups (broad SMARTS) is 1. The van der Waals surface area contributed by atoms with Crippen LogP contribution in [0.5, 0.6) is 0 Å². The molecule has 0 spiro atoms. The molecule has 1 heterocycles. The maximum absolute atomic E-state index is 10.6. The summed E-state index contributed by atoms with van der Waals surface area (Å²) in [7, 11) is 0. The number of carbonyl (C=O) groups is 1. The molecule has 0 aromatic rings. The van der Waals surface area contributed by atoms with E-state index in [0.717, 1.165) is 0 Å². The van der Waals surface area contributed by atoms with Gasteiger partial charge in [-0.3, -0.25) is 0 Å². The first-order chi connectivity index (χ1) is 5.43. The van der Waals surface area contributed by atoms with E-state index >= 15 is 0 Å². The largest absolute Gasteiger partial charge is 0.478 e. The summed E-state index contributed by atoms with van der Waals surface area (Å²) >= 11 is 11.4. The van der Waals surface area contributed by atoms with Crippen molar-refractivity contribution in [1.82, 2.24) is 5.32 Å². The predicted molar refractivity (Wildman–Crippen MR) is 47.0 cm³/mol. The number of aliphatic carboxylic acids is 1. The molecule has 0 aromatic carbocycles. The summed E-state index contributed by atoms with van der Waals surface area (Å²) in [5, 5.41) is 11.7. The first kappa shape index (κ1) is 9.42. The fourth-order valence-corrected chi connectivity index (χ4v) is 1.46. The average molecular weight is 208 g/mol. The second-order valence-corrected chi connectivity index (χ2v) is 3.69. The normalized spacial score (nSPS) is 28.6. The molecule has 0 aliphatic carbocycles. The van der Waals surface area contributed by atoms with Crippen molar-refractivity contribution in [2.45, 2.75) is 11.9 Å². The van der Waals surface area contributed by atoms with Gasteiger partial charge in [0.15, 0.2) is 0 Å². The summed E-state index contributed by atoms with van der Waals surface area (Å²) in [6.07, 6.45) is 2.84. The molecule has 1 rings (SSSR count). The van der Waals surface area contributed by atoms with Crippen LogP contribution in [-0.2, 0) is 4.79 Å². The number of halogens is 2. The zero-order chi connectivity index (χ0) is 9.35. The van der Waals surface area contributed by atoms with Crippen molar-refractivity contribution >= 4 is 29.2 Å². The van der Waals surface area contributed by atoms with Crippen LogP contribution >= 0.6 is 23.2 Å². The van der Waals surface area contributed by atoms with Crippen LogP contribution in [0, 0.1) is 0 Å². The van der Waals surface area contributed by atoms with Crippen LogP contribution in [0.3, 0.4) is 0 Å². The molecule has 66 valence electrons. The number of alkyl halides is 1. The highest BCUT2D eigenvalue weighted by atomic mass is 35.5. The van der Waals surface area contributed by atoms with Crippen LogP contribution in [0.15, 0.2) is 22.9 Å². The van der Waals surface area contributed by atoms with E-state index in [9.17, 15) is 4.79 Å². The lowest BCUT2D eigenvalue weighted by molar-refractivity contribution is -0.133. The Morgan fingerprint density at radius 2 is 2.25 bits per heavy atom. The molecule has 0 radical (unpaired) electrons. The van der Waals surface area contributed by atoms with Crippen molar-refractivity contribution in [3.05, 3.63) is 22.9 Å². The summed E-state index contributed by atoms with van der Waals surface area (Å²) in [4.78, 5) is 9.48. The minimum Gasteiger partial charge on any atom is -0.478 e. The van der Waals surface area contributed by atoms with Gasteiger partial charge in [0.1, 0.15) is 10.2 Å². The molecule has 0 aromatic heterocycles. The molecule has 1 unspecified atom stereocenters. The summed E-state index contributed by atoms with van der Waals surface area (Å²) in [5.41, 5.74) is 0.0774. The number of hydrogen-bond donors (Lipinski definition) is 2. The van der Waals surface area contributed by atoms with E-state index in [1.165, 1.54) is 19.1 Å². The van der Waals surface area contributed by atoms with Gasteiger partial charge in [-0.25, -0.2) is 4.79 Å². The number of nitrogens with one attached hydrogen (secondary N) is 1. The highest BCUT2D eigenvalue weighted by molar-refractivity contribution is 6.33. The van der Waals surface area contributed by atoms with Gasteiger partial charge < -0.3 is 10.4 Å². The third kappa shape index (κ3) is 1.73. The monoisotopic (exact) mass is 207 g/mol. The second-order valence-electron chi connectivity index (χ2n) is 2.53. The Labute approximate surface area is 79.7 Å². The topological polar surface area (TPSA) is 49.3 Å². The van der Waals surface area contributed by atoms with Gasteiger partial charge in [0.05, 0.1) is 5.57 Å². The standard InChI is InChI=1S/C7H7Cl2NO2/c1-7(9)4(6(11)12)2-3-5(8)10-7/h2-3,10H,1H3,(H,11,12). The SMILES string of the molecule is CC1(Cl)NC(Cl)=CC=C1C(=O)O. The van der Waals surface area contributed by atoms with Crippen molar-refractivity contribution in [2.75, 3.05) is 0 Å². The van der Waals surface area contributed by atoms with Gasteiger partial charge in [-0.15, -0.1) is 0 Å². The van der Waals surface area contributed by atoms with Crippen LogP contribution in [0.25, 0.3) is 0 Å². The molecule has 0 saturated carbocycles. The molecule has 1 atom stereocenters. The summed E-state index contributed by atoms with van der Waals surface area (Å²) in [6, 6.07) is 0. The van der Waals surface area contributed by atoms with Gasteiger partial charge in [0, 0.05) is 0 Å². The van der Waals surface area contributed by atoms with Crippen molar-refractivity contribution < 1.29 is 9.90 Å². The number of rotatable bonds is 1. The molecule has 3 nitrogen and oxygen atoms in total. The van der Waals surface area contributed by atoms with Crippen LogP contribution in [0.4, 0.5) is 0 Å². The molecule has 2 N–H and O–H groups in total. The Kier molecular flexibility index (Phi) is 2.35. The highest BCUT2D eigenvalue weighted by Crippen LogP contribution is 2.27. The van der Waals surface area contributed by atoms with Gasteiger partial charge in [0.2, 0.25) is 0 Å². The lowest BCUT2D eigenvalue weighted by Crippen LogP contribution is -2.41. The summed E-state index contributed by atoms with van der Waals surface area (Å²) in [6.45, 7) is 1.53. The van der Waals surface area contributed by atoms with Crippen molar-refractivity contribution in [3.8, 4) is 0 Å². The number of allylic oxidation sites excluding steroid dienone is 2. The lowest BCUT2D eigenvalue weighted by Gasteiger charge is -2.27. The fraction of sp³-hybridized carbons (Fsp3) is 0.286. The quantitative estimate of drug-likeness (QED) is 0.508. The van der Waals surface area contributed by atoms with Crippen molar-refractivity contribution in [2.24, 2.45) is 0 Å². The Morgan fingerprint density at radius 1 is 1.67 bits per heavy atom. The zero-order valence-corrected chi connectivity index (χ0v) is 7.78. The summed E-state index contributed by atoms with van der Waals surface area (Å²) < 4.78 is 0. The van der Waals surface area contributed by atoms with Crippen molar-refractivity contribution in [1.29, 1.82) is 0 Å². The highest BCUT2D eigenvalue weighted by Gasteiger charge is 2.33.